The summed E-state index contributed by atoms with van der Waals surface area (Å²) in [6, 6.07) is 17.9. The van der Waals surface area contributed by atoms with Crippen LogP contribution in [0, 0.1) is 17.8 Å². The SMILES string of the molecule is CCCC1=C2[C@@H](CC/C(=C/c3ccc(CO)o3)c3ccccc3)OC[C@@H]2[C@@H]2C(=O)N(Cc3cccs3)C(=O)[C@@H]2C1. The van der Waals surface area contributed by atoms with Gasteiger partial charge in [0.2, 0.25) is 11.8 Å². The van der Waals surface area contributed by atoms with Crippen LogP contribution in [0.4, 0.5) is 0 Å². The molecule has 4 atom stereocenters. The Hall–Kier alpha value is -3.26. The Morgan fingerprint density at radius 3 is 2.65 bits per heavy atom. The van der Waals surface area contributed by atoms with Crippen LogP contribution in [0.1, 0.15) is 61.0 Å². The minimum Gasteiger partial charge on any atom is -0.459 e. The molecule has 0 radical (unpaired) electrons. The number of amides is 2. The first-order valence-electron chi connectivity index (χ1n) is 14.2. The number of aliphatic hydroxyl groups excluding tert-OH is 1. The summed E-state index contributed by atoms with van der Waals surface area (Å²) in [5.74, 6) is 0.567. The molecule has 3 aliphatic rings. The molecule has 40 heavy (non-hydrogen) atoms. The average Bonchev–Trinajstić information content (AvgIpc) is 3.78. The van der Waals surface area contributed by atoms with Gasteiger partial charge in [-0.3, -0.25) is 14.5 Å². The summed E-state index contributed by atoms with van der Waals surface area (Å²) in [6.07, 6.45) is 6.11. The van der Waals surface area contributed by atoms with Crippen molar-refractivity contribution in [1.82, 2.24) is 4.90 Å². The fourth-order valence-corrected chi connectivity index (χ4v) is 7.45. The third-order valence-electron chi connectivity index (χ3n) is 8.52. The van der Waals surface area contributed by atoms with Crippen molar-refractivity contribution in [3.05, 3.63) is 93.1 Å². The summed E-state index contributed by atoms with van der Waals surface area (Å²) < 4.78 is 12.2. The zero-order valence-electron chi connectivity index (χ0n) is 22.8. The molecule has 0 unspecified atom stereocenters. The van der Waals surface area contributed by atoms with E-state index in [1.165, 1.54) is 16.0 Å². The predicted molar refractivity (Wildman–Crippen MR) is 155 cm³/mol. The molecule has 1 N–H and O–H groups in total. The zero-order chi connectivity index (χ0) is 27.6. The van der Waals surface area contributed by atoms with Crippen LogP contribution in [0.25, 0.3) is 11.6 Å². The maximum absolute atomic E-state index is 13.7. The molecule has 2 amide bonds. The number of thiophene rings is 1. The number of benzene rings is 1. The molecule has 7 heteroatoms. The van der Waals surface area contributed by atoms with Gasteiger partial charge in [-0.25, -0.2) is 0 Å². The van der Waals surface area contributed by atoms with Gasteiger partial charge in [-0.1, -0.05) is 55.3 Å². The maximum Gasteiger partial charge on any atom is 0.234 e. The van der Waals surface area contributed by atoms with Gasteiger partial charge in [0, 0.05) is 10.8 Å². The predicted octanol–water partition coefficient (Wildman–Crippen LogP) is 6.47. The molecule has 1 aliphatic carbocycles. The normalized spacial score (nSPS) is 24.6. The van der Waals surface area contributed by atoms with Gasteiger partial charge in [0.05, 0.1) is 31.1 Å². The molecule has 0 saturated carbocycles. The lowest BCUT2D eigenvalue weighted by Gasteiger charge is -2.32. The second-order valence-corrected chi connectivity index (χ2v) is 12.0. The number of hydrogen-bond donors (Lipinski definition) is 1. The van der Waals surface area contributed by atoms with E-state index in [2.05, 4.69) is 19.1 Å². The van der Waals surface area contributed by atoms with E-state index in [0.717, 1.165) is 41.7 Å². The number of rotatable bonds is 10. The lowest BCUT2D eigenvalue weighted by atomic mass is 9.68. The minimum atomic E-state index is -0.322. The van der Waals surface area contributed by atoms with Crippen LogP contribution in [-0.2, 0) is 27.5 Å². The van der Waals surface area contributed by atoms with Gasteiger partial charge in [0.25, 0.3) is 0 Å². The molecule has 2 aliphatic heterocycles. The van der Waals surface area contributed by atoms with Gasteiger partial charge in [-0.2, -0.15) is 0 Å². The van der Waals surface area contributed by atoms with E-state index < -0.39 is 0 Å². The van der Waals surface area contributed by atoms with E-state index in [-0.39, 0.29) is 42.3 Å². The number of allylic oxidation sites excluding steroid dienone is 2. The van der Waals surface area contributed by atoms with E-state index in [1.807, 2.05) is 47.9 Å². The summed E-state index contributed by atoms with van der Waals surface area (Å²) in [4.78, 5) is 29.7. The smallest absolute Gasteiger partial charge is 0.234 e. The molecule has 6 rings (SSSR count). The number of nitrogens with zero attached hydrogens (tertiary/aromatic N) is 1. The van der Waals surface area contributed by atoms with Crippen molar-refractivity contribution in [3.63, 3.8) is 0 Å². The average molecular weight is 558 g/mol. The Morgan fingerprint density at radius 2 is 1.93 bits per heavy atom. The second kappa shape index (κ2) is 11.7. The molecule has 4 heterocycles. The standard InChI is InChI=1S/C33H35NO5S/c1-2-7-23-17-27-31(33(37)34(32(27)36)18-26-10-6-15-40-26)28-20-38-29(30(23)28)14-11-22(21-8-4-3-5-9-21)16-24-12-13-25(19-35)39-24/h3-6,8-10,12-13,15-16,27-29,31,35H,2,7,11,14,17-20H2,1H3/b22-16-/t27-,28+,29-,31-/m1/s1. The quantitative estimate of drug-likeness (QED) is 0.228. The van der Waals surface area contributed by atoms with Crippen molar-refractivity contribution in [2.24, 2.45) is 17.8 Å². The van der Waals surface area contributed by atoms with Gasteiger partial charge in [0.1, 0.15) is 18.1 Å². The molecule has 1 aromatic carbocycles. The van der Waals surface area contributed by atoms with E-state index in [4.69, 9.17) is 9.15 Å². The number of hydrogen-bond acceptors (Lipinski definition) is 6. The molecule has 2 saturated heterocycles. The number of likely N-dealkylation sites (tertiary alicyclic amines) is 1. The Labute approximate surface area is 239 Å². The molecule has 2 aromatic heterocycles. The molecule has 0 bridgehead atoms. The molecule has 2 fully saturated rings. The molecule has 3 aromatic rings. The number of aliphatic hydroxyl groups is 1. The molecular weight excluding hydrogens is 522 g/mol. The first-order chi connectivity index (χ1) is 19.6. The summed E-state index contributed by atoms with van der Waals surface area (Å²) in [5.41, 5.74) is 4.84. The van der Waals surface area contributed by atoms with E-state index in [0.29, 0.717) is 31.1 Å². The zero-order valence-corrected chi connectivity index (χ0v) is 23.6. The number of furan rings is 1. The topological polar surface area (TPSA) is 80.0 Å². The van der Waals surface area contributed by atoms with Crippen molar-refractivity contribution < 1.29 is 23.8 Å². The highest BCUT2D eigenvalue weighted by Gasteiger charge is 2.56. The largest absolute Gasteiger partial charge is 0.459 e. The van der Waals surface area contributed by atoms with Crippen molar-refractivity contribution in [2.45, 2.75) is 58.3 Å². The van der Waals surface area contributed by atoms with E-state index >= 15 is 0 Å². The van der Waals surface area contributed by atoms with Crippen LogP contribution < -0.4 is 0 Å². The lowest BCUT2D eigenvalue weighted by Crippen LogP contribution is -2.34. The highest BCUT2D eigenvalue weighted by atomic mass is 32.1. The monoisotopic (exact) mass is 557 g/mol. The highest BCUT2D eigenvalue weighted by Crippen LogP contribution is 2.51. The fraction of sp³-hybridized carbons (Fsp3) is 0.394. The van der Waals surface area contributed by atoms with Crippen LogP contribution in [0.15, 0.2) is 75.5 Å². The summed E-state index contributed by atoms with van der Waals surface area (Å²) in [5, 5.41) is 11.4. The third kappa shape index (κ3) is 5.14. The van der Waals surface area contributed by atoms with Crippen molar-refractivity contribution in [2.75, 3.05) is 6.61 Å². The second-order valence-electron chi connectivity index (χ2n) is 11.0. The summed E-state index contributed by atoms with van der Waals surface area (Å²) in [7, 11) is 0. The van der Waals surface area contributed by atoms with E-state index in [1.54, 1.807) is 17.4 Å². The molecule has 6 nitrogen and oxygen atoms in total. The van der Waals surface area contributed by atoms with Crippen LogP contribution in [0.5, 0.6) is 0 Å². The Kier molecular flexibility index (Phi) is 7.87. The van der Waals surface area contributed by atoms with Crippen LogP contribution in [-0.4, -0.2) is 34.5 Å². The fourth-order valence-electron chi connectivity index (χ4n) is 6.76. The molecular formula is C33H35NO5S. The number of ether oxygens (including phenoxy) is 1. The number of imide groups is 1. The highest BCUT2D eigenvalue weighted by molar-refractivity contribution is 7.09. The van der Waals surface area contributed by atoms with Crippen LogP contribution >= 0.6 is 11.3 Å². The van der Waals surface area contributed by atoms with Crippen molar-refractivity contribution in [3.8, 4) is 0 Å². The third-order valence-corrected chi connectivity index (χ3v) is 9.38. The van der Waals surface area contributed by atoms with Gasteiger partial charge in [-0.15, -0.1) is 11.3 Å². The summed E-state index contributed by atoms with van der Waals surface area (Å²) >= 11 is 1.58. The van der Waals surface area contributed by atoms with Crippen LogP contribution in [0.3, 0.4) is 0 Å². The van der Waals surface area contributed by atoms with Gasteiger partial charge in [0.15, 0.2) is 0 Å². The minimum absolute atomic E-state index is 0.0190. The maximum atomic E-state index is 13.7. The summed E-state index contributed by atoms with van der Waals surface area (Å²) in [6.45, 7) is 2.90. The van der Waals surface area contributed by atoms with Crippen LogP contribution in [0.2, 0.25) is 0 Å². The Morgan fingerprint density at radius 1 is 1.07 bits per heavy atom. The Bertz CT molecular complexity index is 1420. The Balaban J connectivity index is 1.25. The van der Waals surface area contributed by atoms with Crippen molar-refractivity contribution >= 4 is 34.8 Å². The first-order valence-corrected chi connectivity index (χ1v) is 15.1. The number of carbonyl (C=O) groups is 2. The molecule has 208 valence electrons. The van der Waals surface area contributed by atoms with E-state index in [9.17, 15) is 14.7 Å². The number of carbonyl (C=O) groups excluding carboxylic acids is 2. The van der Waals surface area contributed by atoms with Gasteiger partial charge in [-0.05, 0) is 72.0 Å². The lowest BCUT2D eigenvalue weighted by molar-refractivity contribution is -0.140. The van der Waals surface area contributed by atoms with Gasteiger partial charge < -0.3 is 14.3 Å². The molecule has 0 spiro atoms. The van der Waals surface area contributed by atoms with Gasteiger partial charge >= 0.3 is 0 Å². The van der Waals surface area contributed by atoms with Crippen molar-refractivity contribution in [1.29, 1.82) is 0 Å². The first kappa shape index (κ1) is 26.9. The number of fused-ring (bicyclic) bond motifs is 3.